The Kier molecular flexibility index (Phi) is 7.62. The van der Waals surface area contributed by atoms with Gasteiger partial charge in [-0.2, -0.15) is 0 Å². The highest BCUT2D eigenvalue weighted by Crippen LogP contribution is 2.67. The summed E-state index contributed by atoms with van der Waals surface area (Å²) < 4.78 is 5.09. The van der Waals surface area contributed by atoms with Crippen molar-refractivity contribution in [1.29, 1.82) is 0 Å². The van der Waals surface area contributed by atoms with Crippen LogP contribution in [0.2, 0.25) is 0 Å². The number of hydrogen-bond donors (Lipinski definition) is 4. The number of carbonyl (C=O) groups excluding carboxylic acids is 4. The van der Waals surface area contributed by atoms with Crippen LogP contribution in [-0.4, -0.2) is 69.1 Å². The number of carboxylic acids is 1. The number of ketones is 2. The first-order valence-corrected chi connectivity index (χ1v) is 13.6. The van der Waals surface area contributed by atoms with Crippen molar-refractivity contribution >= 4 is 29.4 Å². The van der Waals surface area contributed by atoms with Crippen LogP contribution in [-0.2, 0) is 28.7 Å². The lowest BCUT2D eigenvalue weighted by molar-refractivity contribution is -0.184. The van der Waals surface area contributed by atoms with E-state index >= 15 is 0 Å². The summed E-state index contributed by atoms with van der Waals surface area (Å²) in [4.78, 5) is 60.1. The molecule has 0 radical (unpaired) electrons. The van der Waals surface area contributed by atoms with Gasteiger partial charge >= 0.3 is 11.9 Å². The fourth-order valence-corrected chi connectivity index (χ4v) is 8.08. The van der Waals surface area contributed by atoms with E-state index in [0.29, 0.717) is 19.3 Å². The lowest BCUT2D eigenvalue weighted by Gasteiger charge is -2.60. The molecule has 4 rings (SSSR count). The van der Waals surface area contributed by atoms with Crippen LogP contribution in [0.15, 0.2) is 11.6 Å². The number of amides is 1. The minimum absolute atomic E-state index is 0.0106. The van der Waals surface area contributed by atoms with Crippen LogP contribution >= 0.6 is 0 Å². The molecule has 210 valence electrons. The van der Waals surface area contributed by atoms with Crippen LogP contribution in [0.1, 0.15) is 78.6 Å². The normalized spacial score (nSPS) is 38.7. The number of Topliss-reactive ketones (excluding diaryl/α,β-unsaturated/α-hetero) is 1. The van der Waals surface area contributed by atoms with Crippen molar-refractivity contribution in [3.8, 4) is 0 Å². The first kappa shape index (κ1) is 28.4. The molecular weight excluding hydrogens is 494 g/mol. The minimum atomic E-state index is -1.75. The van der Waals surface area contributed by atoms with Gasteiger partial charge in [-0.1, -0.05) is 19.4 Å². The molecular formula is C28H39NO9. The maximum atomic E-state index is 13.3. The molecule has 0 aliphatic heterocycles. The Morgan fingerprint density at radius 2 is 1.84 bits per heavy atom. The first-order chi connectivity index (χ1) is 17.7. The van der Waals surface area contributed by atoms with E-state index in [1.807, 2.05) is 6.92 Å². The zero-order chi connectivity index (χ0) is 28.0. The lowest BCUT2D eigenvalue weighted by Crippen LogP contribution is -2.62. The molecule has 0 heterocycles. The number of fused-ring (bicyclic) bond motifs is 5. The number of nitrogens with one attached hydrogen (secondary N) is 1. The maximum Gasteiger partial charge on any atom is 0.325 e. The standard InChI is InChI=1S/C28H39NO9/c1-15(25(35)36)29-22(33)6-7-23(34)38-14-21(32)28(37)11-9-19-18-5-4-16-12-17(30)8-10-26(16,2)24(18)20(31)13-27(19,28)3/h12,15,18-20,24,31,37H,4-11,13-14H2,1-3H3,(H,29,33)(H,35,36)/t15-,18-,19-,20-,24+,26-,27-,28-/m0/s1. The second kappa shape index (κ2) is 10.2. The van der Waals surface area contributed by atoms with Crippen molar-refractivity contribution in [3.05, 3.63) is 11.6 Å². The molecule has 0 saturated heterocycles. The smallest absolute Gasteiger partial charge is 0.325 e. The number of esters is 1. The second-order valence-corrected chi connectivity index (χ2v) is 12.2. The van der Waals surface area contributed by atoms with Crippen molar-refractivity contribution in [3.63, 3.8) is 0 Å². The molecule has 10 heteroatoms. The van der Waals surface area contributed by atoms with Crippen molar-refractivity contribution in [2.45, 2.75) is 96.3 Å². The van der Waals surface area contributed by atoms with E-state index in [1.165, 1.54) is 6.92 Å². The highest BCUT2D eigenvalue weighted by molar-refractivity contribution is 5.92. The van der Waals surface area contributed by atoms with E-state index in [2.05, 4.69) is 12.2 Å². The number of carboxylic acid groups (broad SMARTS) is 1. The summed E-state index contributed by atoms with van der Waals surface area (Å²) in [5, 5.41) is 34.2. The summed E-state index contributed by atoms with van der Waals surface area (Å²) >= 11 is 0. The predicted molar refractivity (Wildman–Crippen MR) is 133 cm³/mol. The van der Waals surface area contributed by atoms with Gasteiger partial charge in [0.15, 0.2) is 12.4 Å². The number of rotatable bonds is 8. The van der Waals surface area contributed by atoms with Gasteiger partial charge in [0.1, 0.15) is 11.6 Å². The largest absolute Gasteiger partial charge is 0.480 e. The third-order valence-electron chi connectivity index (χ3n) is 10.2. The second-order valence-electron chi connectivity index (χ2n) is 12.2. The molecule has 38 heavy (non-hydrogen) atoms. The van der Waals surface area contributed by atoms with E-state index < -0.39 is 53.4 Å². The van der Waals surface area contributed by atoms with Gasteiger partial charge in [-0.15, -0.1) is 0 Å². The summed E-state index contributed by atoms with van der Waals surface area (Å²) in [6, 6.07) is -1.09. The van der Waals surface area contributed by atoms with Gasteiger partial charge in [-0.05, 0) is 74.7 Å². The molecule has 4 aliphatic rings. The Labute approximate surface area is 222 Å². The quantitative estimate of drug-likeness (QED) is 0.340. The average Bonchev–Trinajstić information content (AvgIpc) is 3.12. The van der Waals surface area contributed by atoms with Gasteiger partial charge in [-0.25, -0.2) is 0 Å². The Balaban J connectivity index is 1.40. The van der Waals surface area contributed by atoms with Crippen molar-refractivity contribution in [1.82, 2.24) is 5.32 Å². The zero-order valence-corrected chi connectivity index (χ0v) is 22.3. The van der Waals surface area contributed by atoms with Gasteiger partial charge in [0.05, 0.1) is 12.5 Å². The van der Waals surface area contributed by atoms with Crippen LogP contribution in [0.4, 0.5) is 0 Å². The number of hydrogen-bond acceptors (Lipinski definition) is 8. The third kappa shape index (κ3) is 4.70. The molecule has 4 aliphatic carbocycles. The van der Waals surface area contributed by atoms with Crippen LogP contribution in [0.25, 0.3) is 0 Å². The Bertz CT molecular complexity index is 1070. The van der Waals surface area contributed by atoms with Gasteiger partial charge in [-0.3, -0.25) is 24.0 Å². The summed E-state index contributed by atoms with van der Waals surface area (Å²) in [6.07, 6.45) is 4.21. The Morgan fingerprint density at radius 3 is 2.53 bits per heavy atom. The molecule has 3 saturated carbocycles. The number of ether oxygens (including phenoxy) is 1. The first-order valence-electron chi connectivity index (χ1n) is 13.6. The van der Waals surface area contributed by atoms with E-state index in [9.17, 15) is 34.2 Å². The zero-order valence-electron chi connectivity index (χ0n) is 22.3. The van der Waals surface area contributed by atoms with Gasteiger partial charge in [0.25, 0.3) is 0 Å². The molecule has 0 aromatic carbocycles. The fourth-order valence-electron chi connectivity index (χ4n) is 8.08. The number of carbonyl (C=O) groups is 5. The van der Waals surface area contributed by atoms with Crippen LogP contribution in [0.5, 0.6) is 0 Å². The van der Waals surface area contributed by atoms with Gasteiger partial charge < -0.3 is 25.4 Å². The van der Waals surface area contributed by atoms with Crippen molar-refractivity contribution in [2.75, 3.05) is 6.61 Å². The van der Waals surface area contributed by atoms with E-state index in [-0.39, 0.29) is 54.6 Å². The maximum absolute atomic E-state index is 13.3. The molecule has 0 aromatic heterocycles. The molecule has 0 aromatic rings. The van der Waals surface area contributed by atoms with Crippen molar-refractivity contribution in [2.24, 2.45) is 28.6 Å². The SMILES string of the molecule is C[C@H](NC(=O)CCC(=O)OCC(=O)[C@@]1(O)CC[C@H]2[C@@H]3CCC4=CC(=O)CC[C@]4(C)[C@H]3[C@@H](O)C[C@@]21C)C(=O)O. The minimum Gasteiger partial charge on any atom is -0.480 e. The third-order valence-corrected chi connectivity index (χ3v) is 10.2. The Hall–Kier alpha value is -2.59. The molecule has 8 atom stereocenters. The predicted octanol–water partition coefficient (Wildman–Crippen LogP) is 1.70. The van der Waals surface area contributed by atoms with Crippen LogP contribution in [0, 0.1) is 28.6 Å². The fraction of sp³-hybridized carbons (Fsp3) is 0.750. The van der Waals surface area contributed by atoms with Crippen LogP contribution < -0.4 is 5.32 Å². The Morgan fingerprint density at radius 1 is 1.13 bits per heavy atom. The molecule has 0 bridgehead atoms. The average molecular weight is 534 g/mol. The number of aliphatic carboxylic acids is 1. The molecule has 0 unspecified atom stereocenters. The number of aliphatic hydroxyl groups excluding tert-OH is 1. The lowest BCUT2D eigenvalue weighted by atomic mass is 9.45. The van der Waals surface area contributed by atoms with Gasteiger partial charge in [0.2, 0.25) is 11.7 Å². The molecule has 1 amide bonds. The highest BCUT2D eigenvalue weighted by atomic mass is 16.5. The number of allylic oxidation sites excluding steroid dienone is 1. The van der Waals surface area contributed by atoms with Gasteiger partial charge in [0, 0.05) is 18.3 Å². The number of aliphatic hydroxyl groups is 2. The highest BCUT2D eigenvalue weighted by Gasteiger charge is 2.68. The monoisotopic (exact) mass is 533 g/mol. The topological polar surface area (TPSA) is 167 Å². The van der Waals surface area contributed by atoms with E-state index in [4.69, 9.17) is 9.84 Å². The van der Waals surface area contributed by atoms with E-state index in [0.717, 1.165) is 18.4 Å². The van der Waals surface area contributed by atoms with E-state index in [1.54, 1.807) is 6.08 Å². The molecule has 4 N–H and O–H groups in total. The molecule has 0 spiro atoms. The molecule has 3 fully saturated rings. The summed E-state index contributed by atoms with van der Waals surface area (Å²) in [7, 11) is 0. The summed E-state index contributed by atoms with van der Waals surface area (Å²) in [5.41, 5.74) is -1.80. The summed E-state index contributed by atoms with van der Waals surface area (Å²) in [6.45, 7) is 4.66. The van der Waals surface area contributed by atoms with Crippen molar-refractivity contribution < 1.29 is 44.0 Å². The molecule has 10 nitrogen and oxygen atoms in total. The van der Waals surface area contributed by atoms with Crippen LogP contribution in [0.3, 0.4) is 0 Å². The summed E-state index contributed by atoms with van der Waals surface area (Å²) in [5.74, 6) is -3.02.